The summed E-state index contributed by atoms with van der Waals surface area (Å²) in [6.45, 7) is 3.77. The smallest absolute Gasteiger partial charge is 0.307 e. The molecule has 1 aromatic rings. The molecule has 25 heavy (non-hydrogen) atoms. The van der Waals surface area contributed by atoms with Crippen LogP contribution in [0.3, 0.4) is 0 Å². The van der Waals surface area contributed by atoms with Crippen molar-refractivity contribution in [3.63, 3.8) is 0 Å². The Morgan fingerprint density at radius 3 is 2.32 bits per heavy atom. The molecule has 134 valence electrons. The zero-order valence-corrected chi connectivity index (χ0v) is 14.5. The van der Waals surface area contributed by atoms with Crippen molar-refractivity contribution in [1.29, 1.82) is 0 Å². The van der Waals surface area contributed by atoms with Gasteiger partial charge in [0.2, 0.25) is 5.91 Å². The summed E-state index contributed by atoms with van der Waals surface area (Å²) in [7, 11) is 1.49. The van der Waals surface area contributed by atoms with Crippen LogP contribution < -0.4 is 15.6 Å². The molecule has 0 bridgehead atoms. The van der Waals surface area contributed by atoms with E-state index in [4.69, 9.17) is 4.74 Å². The Kier molecular flexibility index (Phi) is 5.80. The van der Waals surface area contributed by atoms with Gasteiger partial charge >= 0.3 is 5.97 Å². The Hall–Kier alpha value is -2.83. The Balaban J connectivity index is 2.03. The highest BCUT2D eigenvalue weighted by molar-refractivity contribution is 5.96. The zero-order chi connectivity index (χ0) is 18.6. The van der Waals surface area contributed by atoms with E-state index in [0.29, 0.717) is 24.2 Å². The van der Waals surface area contributed by atoms with Gasteiger partial charge in [-0.05, 0) is 44.9 Å². The van der Waals surface area contributed by atoms with E-state index in [-0.39, 0.29) is 0 Å². The van der Waals surface area contributed by atoms with Crippen LogP contribution >= 0.6 is 0 Å². The van der Waals surface area contributed by atoms with Gasteiger partial charge in [0.15, 0.2) is 0 Å². The minimum absolute atomic E-state index is 0.324. The number of methoxy groups -OCH3 is 1. The lowest BCUT2D eigenvalue weighted by molar-refractivity contribution is -0.147. The number of hydrogen-bond donors (Lipinski definition) is 3. The number of hydrogen-bond acceptors (Lipinski definition) is 4. The second-order valence-electron chi connectivity index (χ2n) is 6.20. The van der Waals surface area contributed by atoms with Gasteiger partial charge in [-0.2, -0.15) is 0 Å². The van der Waals surface area contributed by atoms with E-state index < -0.39 is 29.6 Å². The van der Waals surface area contributed by atoms with Crippen molar-refractivity contribution >= 4 is 17.8 Å². The Labute approximate surface area is 146 Å². The van der Waals surface area contributed by atoms with E-state index in [1.54, 1.807) is 24.3 Å². The number of aliphatic carboxylic acids is 1. The number of hydrazine groups is 1. The van der Waals surface area contributed by atoms with Gasteiger partial charge in [0.05, 0.1) is 18.9 Å². The van der Waals surface area contributed by atoms with Crippen LogP contribution in [0.15, 0.2) is 35.4 Å². The van der Waals surface area contributed by atoms with E-state index in [1.165, 1.54) is 7.11 Å². The number of amides is 2. The molecule has 0 saturated carbocycles. The highest BCUT2D eigenvalue weighted by atomic mass is 16.5. The summed E-state index contributed by atoms with van der Waals surface area (Å²) < 4.78 is 5.05. The summed E-state index contributed by atoms with van der Waals surface area (Å²) in [5, 5.41) is 9.37. The van der Waals surface area contributed by atoms with Gasteiger partial charge in [0, 0.05) is 5.56 Å². The van der Waals surface area contributed by atoms with Crippen LogP contribution in [0.4, 0.5) is 0 Å². The average Bonchev–Trinajstić information content (AvgIpc) is 2.61. The lowest BCUT2D eigenvalue weighted by Gasteiger charge is -2.29. The molecule has 2 amide bonds. The maximum absolute atomic E-state index is 12.4. The van der Waals surface area contributed by atoms with E-state index in [0.717, 1.165) is 11.1 Å². The molecule has 0 spiro atoms. The molecule has 0 heterocycles. The number of ether oxygens (including phenoxy) is 1. The van der Waals surface area contributed by atoms with Crippen molar-refractivity contribution in [3.8, 4) is 5.75 Å². The molecule has 0 fully saturated rings. The molecule has 1 aliphatic carbocycles. The summed E-state index contributed by atoms with van der Waals surface area (Å²) in [4.78, 5) is 36.0. The van der Waals surface area contributed by atoms with Gasteiger partial charge < -0.3 is 9.84 Å². The van der Waals surface area contributed by atoms with Crippen molar-refractivity contribution < 1.29 is 24.2 Å². The first-order valence-corrected chi connectivity index (χ1v) is 7.95. The maximum Gasteiger partial charge on any atom is 0.307 e. The molecule has 1 aromatic carbocycles. The number of carbonyl (C=O) groups is 3. The third-order valence-corrected chi connectivity index (χ3v) is 4.55. The minimum atomic E-state index is -1.01. The molecular weight excluding hydrogens is 324 g/mol. The first kappa shape index (κ1) is 18.5. The number of allylic oxidation sites excluding steroid dienone is 2. The molecule has 0 aromatic heterocycles. The fourth-order valence-corrected chi connectivity index (χ4v) is 2.88. The van der Waals surface area contributed by atoms with Crippen molar-refractivity contribution in [3.05, 3.63) is 41.0 Å². The average molecular weight is 346 g/mol. The van der Waals surface area contributed by atoms with Crippen LogP contribution in [0, 0.1) is 11.8 Å². The monoisotopic (exact) mass is 346 g/mol. The summed E-state index contributed by atoms with van der Waals surface area (Å²) >= 11 is 0. The Bertz CT molecular complexity index is 726. The molecular formula is C18H22N2O5. The maximum atomic E-state index is 12.4. The standard InChI is InChI=1S/C18H22N2O5/c1-10-7-14(15(18(23)24)8-11(10)2)17(22)20-19-16(21)12-5-4-6-13(9-12)25-3/h4-6,9,14-15H,7-8H2,1-3H3,(H,19,21)(H,20,22)(H,23,24)/t14-,15+/m0/s1. The second kappa shape index (κ2) is 7.83. The van der Waals surface area contributed by atoms with E-state index in [1.807, 2.05) is 13.8 Å². The van der Waals surface area contributed by atoms with Gasteiger partial charge in [0.1, 0.15) is 5.75 Å². The van der Waals surface area contributed by atoms with Crippen LogP contribution in [0.2, 0.25) is 0 Å². The Morgan fingerprint density at radius 2 is 1.72 bits per heavy atom. The van der Waals surface area contributed by atoms with Gasteiger partial charge in [0.25, 0.3) is 5.91 Å². The number of nitrogens with one attached hydrogen (secondary N) is 2. The van der Waals surface area contributed by atoms with Crippen molar-refractivity contribution in [2.24, 2.45) is 11.8 Å². The van der Waals surface area contributed by atoms with Crippen molar-refractivity contribution in [2.75, 3.05) is 7.11 Å². The number of carboxylic acids is 1. The largest absolute Gasteiger partial charge is 0.497 e. The highest BCUT2D eigenvalue weighted by Crippen LogP contribution is 2.34. The summed E-state index contributed by atoms with van der Waals surface area (Å²) in [6.07, 6.45) is 0.701. The third kappa shape index (κ3) is 4.37. The number of carbonyl (C=O) groups excluding carboxylic acids is 2. The van der Waals surface area contributed by atoms with E-state index in [9.17, 15) is 19.5 Å². The van der Waals surface area contributed by atoms with Crippen LogP contribution in [-0.2, 0) is 9.59 Å². The lowest BCUT2D eigenvalue weighted by atomic mass is 9.76. The molecule has 0 unspecified atom stereocenters. The van der Waals surface area contributed by atoms with Gasteiger partial charge in [-0.25, -0.2) is 0 Å². The zero-order valence-electron chi connectivity index (χ0n) is 14.5. The molecule has 2 rings (SSSR count). The minimum Gasteiger partial charge on any atom is -0.497 e. The second-order valence-corrected chi connectivity index (χ2v) is 6.20. The summed E-state index contributed by atoms with van der Waals surface area (Å²) in [5.74, 6) is -3.00. The molecule has 1 aliphatic rings. The molecule has 0 radical (unpaired) electrons. The molecule has 2 atom stereocenters. The summed E-state index contributed by atoms with van der Waals surface area (Å²) in [5.41, 5.74) is 7.01. The first-order valence-electron chi connectivity index (χ1n) is 7.95. The molecule has 0 saturated heterocycles. The van der Waals surface area contributed by atoms with Gasteiger partial charge in [-0.1, -0.05) is 17.2 Å². The number of rotatable bonds is 4. The molecule has 7 heteroatoms. The molecule has 3 N–H and O–H groups in total. The van der Waals surface area contributed by atoms with Crippen molar-refractivity contribution in [2.45, 2.75) is 26.7 Å². The SMILES string of the molecule is COc1cccc(C(=O)NNC(=O)[C@H]2CC(C)=C(C)C[C@H]2C(=O)O)c1. The molecule has 0 aliphatic heterocycles. The summed E-state index contributed by atoms with van der Waals surface area (Å²) in [6, 6.07) is 6.49. The number of benzene rings is 1. The Morgan fingerprint density at radius 1 is 1.08 bits per heavy atom. The molecule has 7 nitrogen and oxygen atoms in total. The van der Waals surface area contributed by atoms with Gasteiger partial charge in [-0.3, -0.25) is 25.2 Å². The van der Waals surface area contributed by atoms with E-state index >= 15 is 0 Å². The fraction of sp³-hybridized carbons (Fsp3) is 0.389. The number of carboxylic acid groups (broad SMARTS) is 1. The fourth-order valence-electron chi connectivity index (χ4n) is 2.88. The van der Waals surface area contributed by atoms with Crippen LogP contribution in [-0.4, -0.2) is 30.0 Å². The van der Waals surface area contributed by atoms with Crippen LogP contribution in [0.1, 0.15) is 37.0 Å². The van der Waals surface area contributed by atoms with Crippen LogP contribution in [0.25, 0.3) is 0 Å². The lowest BCUT2D eigenvalue weighted by Crippen LogP contribution is -2.48. The van der Waals surface area contributed by atoms with Gasteiger partial charge in [-0.15, -0.1) is 0 Å². The quantitative estimate of drug-likeness (QED) is 0.570. The normalized spacial score (nSPS) is 20.0. The first-order chi connectivity index (χ1) is 11.8. The predicted molar refractivity (Wildman–Crippen MR) is 90.8 cm³/mol. The van der Waals surface area contributed by atoms with Crippen molar-refractivity contribution in [1.82, 2.24) is 10.9 Å². The highest BCUT2D eigenvalue weighted by Gasteiger charge is 2.37. The van der Waals surface area contributed by atoms with Crippen LogP contribution in [0.5, 0.6) is 5.75 Å². The van der Waals surface area contributed by atoms with E-state index in [2.05, 4.69) is 10.9 Å². The topological polar surface area (TPSA) is 105 Å². The predicted octanol–water partition coefficient (Wildman–Crippen LogP) is 1.90. The third-order valence-electron chi connectivity index (χ3n) is 4.55.